The van der Waals surface area contributed by atoms with Crippen LogP contribution >= 0.6 is 0 Å². The molecule has 1 atom stereocenters. The van der Waals surface area contributed by atoms with E-state index in [1.807, 2.05) is 44.2 Å². The summed E-state index contributed by atoms with van der Waals surface area (Å²) in [6.07, 6.45) is 0.965. The summed E-state index contributed by atoms with van der Waals surface area (Å²) < 4.78 is 0. The number of carbonyl (C=O) groups is 3. The van der Waals surface area contributed by atoms with Gasteiger partial charge in [0.25, 0.3) is 5.91 Å². The fourth-order valence-electron chi connectivity index (χ4n) is 3.72. The summed E-state index contributed by atoms with van der Waals surface area (Å²) in [6, 6.07) is 9.49. The van der Waals surface area contributed by atoms with Gasteiger partial charge in [0, 0.05) is 25.9 Å². The molecule has 0 radical (unpaired) electrons. The Morgan fingerprint density at radius 1 is 1.22 bits per heavy atom. The van der Waals surface area contributed by atoms with Crippen LogP contribution in [0.25, 0.3) is 0 Å². The minimum Gasteiger partial charge on any atom is -0.481 e. The van der Waals surface area contributed by atoms with E-state index >= 15 is 0 Å². The molecule has 2 aliphatic rings. The van der Waals surface area contributed by atoms with E-state index in [0.717, 1.165) is 5.56 Å². The van der Waals surface area contributed by atoms with Gasteiger partial charge in [0.2, 0.25) is 5.91 Å². The van der Waals surface area contributed by atoms with Gasteiger partial charge in [-0.25, -0.2) is 5.01 Å². The Bertz CT molecular complexity index is 775. The number of carbonyl (C=O) groups excluding carboxylic acids is 2. The predicted octanol–water partition coefficient (Wildman–Crippen LogP) is 2.12. The minimum atomic E-state index is -0.912. The van der Waals surface area contributed by atoms with Crippen molar-refractivity contribution in [3.05, 3.63) is 35.9 Å². The Morgan fingerprint density at radius 3 is 2.52 bits per heavy atom. The number of hydrogen-bond donors (Lipinski definition) is 1. The van der Waals surface area contributed by atoms with Crippen LogP contribution in [0.4, 0.5) is 0 Å². The largest absolute Gasteiger partial charge is 0.481 e. The number of aliphatic carboxylic acids is 1. The van der Waals surface area contributed by atoms with E-state index in [1.165, 1.54) is 5.01 Å². The number of nitrogens with zero attached hydrogens (tertiary/aromatic N) is 3. The van der Waals surface area contributed by atoms with Crippen molar-refractivity contribution in [1.29, 1.82) is 0 Å². The van der Waals surface area contributed by atoms with E-state index in [1.54, 1.807) is 4.90 Å². The molecule has 1 fully saturated rings. The molecule has 1 unspecified atom stereocenters. The van der Waals surface area contributed by atoms with E-state index in [9.17, 15) is 19.5 Å². The fourth-order valence-corrected chi connectivity index (χ4v) is 3.72. The van der Waals surface area contributed by atoms with Crippen LogP contribution in [0.1, 0.15) is 38.7 Å². The highest BCUT2D eigenvalue weighted by molar-refractivity contribution is 6.39. The Balaban J connectivity index is 1.75. The van der Waals surface area contributed by atoms with Gasteiger partial charge in [0.05, 0.1) is 12.0 Å². The Hall–Kier alpha value is -2.70. The lowest BCUT2D eigenvalue weighted by molar-refractivity contribution is -0.151. The highest BCUT2D eigenvalue weighted by Crippen LogP contribution is 2.38. The number of amides is 2. The van der Waals surface area contributed by atoms with E-state index in [-0.39, 0.29) is 30.7 Å². The molecule has 7 heteroatoms. The van der Waals surface area contributed by atoms with Crippen molar-refractivity contribution >= 4 is 23.5 Å². The van der Waals surface area contributed by atoms with Crippen molar-refractivity contribution in [1.82, 2.24) is 9.91 Å². The molecule has 0 aliphatic carbocycles. The van der Waals surface area contributed by atoms with Crippen LogP contribution in [-0.4, -0.2) is 51.6 Å². The van der Waals surface area contributed by atoms with Crippen molar-refractivity contribution in [3.63, 3.8) is 0 Å². The standard InChI is InChI=1S/C20H25N3O4/c1-14(2)20(19(26)27)10-11-22(13-20)18(25)16-8-9-17(24)23(21-16)12-15-6-4-3-5-7-15/h3-7,14H,8-13H2,1-2H3,(H,26,27). The summed E-state index contributed by atoms with van der Waals surface area (Å²) >= 11 is 0. The van der Waals surface area contributed by atoms with Gasteiger partial charge in [-0.3, -0.25) is 14.4 Å². The predicted molar refractivity (Wildman–Crippen MR) is 99.8 cm³/mol. The maximum absolute atomic E-state index is 12.9. The zero-order valence-electron chi connectivity index (χ0n) is 15.7. The minimum absolute atomic E-state index is 0.0720. The summed E-state index contributed by atoms with van der Waals surface area (Å²) in [5, 5.41) is 15.3. The second-order valence-electron chi connectivity index (χ2n) is 7.58. The van der Waals surface area contributed by atoms with Gasteiger partial charge >= 0.3 is 5.97 Å². The van der Waals surface area contributed by atoms with Gasteiger partial charge in [-0.1, -0.05) is 44.2 Å². The first-order valence-corrected chi connectivity index (χ1v) is 9.28. The zero-order chi connectivity index (χ0) is 19.6. The van der Waals surface area contributed by atoms with E-state index in [0.29, 0.717) is 31.6 Å². The molecule has 0 spiro atoms. The lowest BCUT2D eigenvalue weighted by Gasteiger charge is -2.29. The molecule has 27 heavy (non-hydrogen) atoms. The van der Waals surface area contributed by atoms with Crippen molar-refractivity contribution in [2.75, 3.05) is 13.1 Å². The fraction of sp³-hybridized carbons (Fsp3) is 0.500. The lowest BCUT2D eigenvalue weighted by atomic mass is 9.76. The van der Waals surface area contributed by atoms with Crippen LogP contribution in [0.5, 0.6) is 0 Å². The molecule has 2 aliphatic heterocycles. The average Bonchev–Trinajstić information content (AvgIpc) is 3.11. The summed E-state index contributed by atoms with van der Waals surface area (Å²) in [5.74, 6) is -1.31. The van der Waals surface area contributed by atoms with Crippen LogP contribution < -0.4 is 0 Å². The molecule has 7 nitrogen and oxygen atoms in total. The van der Waals surface area contributed by atoms with Crippen LogP contribution in [-0.2, 0) is 20.9 Å². The number of rotatable bonds is 5. The topological polar surface area (TPSA) is 90.3 Å². The number of benzene rings is 1. The third kappa shape index (κ3) is 3.72. The van der Waals surface area contributed by atoms with Crippen molar-refractivity contribution in [2.24, 2.45) is 16.4 Å². The second kappa shape index (κ2) is 7.50. The van der Waals surface area contributed by atoms with Crippen LogP contribution in [0.3, 0.4) is 0 Å². The summed E-state index contributed by atoms with van der Waals surface area (Å²) in [4.78, 5) is 38.4. The molecule has 2 heterocycles. The molecular formula is C20H25N3O4. The van der Waals surface area contributed by atoms with E-state index in [4.69, 9.17) is 0 Å². The normalized spacial score (nSPS) is 22.9. The maximum atomic E-state index is 12.9. The monoisotopic (exact) mass is 371 g/mol. The van der Waals surface area contributed by atoms with Gasteiger partial charge in [0.1, 0.15) is 5.71 Å². The summed E-state index contributed by atoms with van der Waals surface area (Å²) in [6.45, 7) is 4.65. The molecule has 3 rings (SSSR count). The van der Waals surface area contributed by atoms with Gasteiger partial charge < -0.3 is 10.0 Å². The van der Waals surface area contributed by atoms with Gasteiger partial charge in [-0.15, -0.1) is 0 Å². The molecule has 1 N–H and O–H groups in total. The van der Waals surface area contributed by atoms with Crippen molar-refractivity contribution < 1.29 is 19.5 Å². The molecule has 0 saturated carbocycles. The number of carboxylic acid groups (broad SMARTS) is 1. The molecule has 1 saturated heterocycles. The van der Waals surface area contributed by atoms with Gasteiger partial charge in [-0.2, -0.15) is 5.10 Å². The third-order valence-electron chi connectivity index (χ3n) is 5.65. The first-order chi connectivity index (χ1) is 12.8. The number of carboxylic acids is 1. The Labute approximate surface area is 158 Å². The smallest absolute Gasteiger partial charge is 0.311 e. The average molecular weight is 371 g/mol. The van der Waals surface area contributed by atoms with E-state index < -0.39 is 11.4 Å². The Morgan fingerprint density at radius 2 is 1.93 bits per heavy atom. The number of hydrazone groups is 1. The van der Waals surface area contributed by atoms with Gasteiger partial charge in [-0.05, 0) is 17.9 Å². The molecule has 1 aromatic carbocycles. The van der Waals surface area contributed by atoms with Crippen LogP contribution in [0, 0.1) is 11.3 Å². The first kappa shape index (κ1) is 19.1. The SMILES string of the molecule is CC(C)C1(C(=O)O)CCN(C(=O)C2=NN(Cc3ccccc3)C(=O)CC2)C1. The number of hydrogen-bond acceptors (Lipinski definition) is 4. The molecule has 0 aromatic heterocycles. The third-order valence-corrected chi connectivity index (χ3v) is 5.65. The maximum Gasteiger partial charge on any atom is 0.311 e. The van der Waals surface area contributed by atoms with Gasteiger partial charge in [0.15, 0.2) is 0 Å². The second-order valence-corrected chi connectivity index (χ2v) is 7.58. The quantitative estimate of drug-likeness (QED) is 0.858. The lowest BCUT2D eigenvalue weighted by Crippen LogP contribution is -2.44. The van der Waals surface area contributed by atoms with Crippen molar-refractivity contribution in [2.45, 2.75) is 39.7 Å². The summed E-state index contributed by atoms with van der Waals surface area (Å²) in [5.41, 5.74) is 0.356. The summed E-state index contributed by atoms with van der Waals surface area (Å²) in [7, 11) is 0. The molecule has 1 aromatic rings. The first-order valence-electron chi connectivity index (χ1n) is 9.28. The Kier molecular flexibility index (Phi) is 5.30. The highest BCUT2D eigenvalue weighted by Gasteiger charge is 2.49. The number of likely N-dealkylation sites (tertiary alicyclic amines) is 1. The van der Waals surface area contributed by atoms with E-state index in [2.05, 4.69) is 5.10 Å². The molecular weight excluding hydrogens is 346 g/mol. The van der Waals surface area contributed by atoms with Crippen LogP contribution in [0.2, 0.25) is 0 Å². The van der Waals surface area contributed by atoms with Crippen molar-refractivity contribution in [3.8, 4) is 0 Å². The molecule has 144 valence electrons. The van der Waals surface area contributed by atoms with Crippen LogP contribution in [0.15, 0.2) is 35.4 Å². The highest BCUT2D eigenvalue weighted by atomic mass is 16.4. The molecule has 0 bridgehead atoms. The zero-order valence-corrected chi connectivity index (χ0v) is 15.7. The molecule has 2 amide bonds.